The Morgan fingerprint density at radius 2 is 1.94 bits per heavy atom. The van der Waals surface area contributed by atoms with Gasteiger partial charge in [0, 0.05) is 36.0 Å². The highest BCUT2D eigenvalue weighted by molar-refractivity contribution is 6.30. The summed E-state index contributed by atoms with van der Waals surface area (Å²) in [6.07, 6.45) is 1.45. The summed E-state index contributed by atoms with van der Waals surface area (Å²) in [4.78, 5) is 26.4. The number of rotatable bonds is 7. The van der Waals surface area contributed by atoms with Crippen LogP contribution >= 0.6 is 11.6 Å². The second kappa shape index (κ2) is 9.98. The molecule has 0 unspecified atom stereocenters. The van der Waals surface area contributed by atoms with E-state index in [4.69, 9.17) is 25.5 Å². The van der Waals surface area contributed by atoms with Crippen LogP contribution in [0.1, 0.15) is 42.5 Å². The van der Waals surface area contributed by atoms with Gasteiger partial charge in [0.15, 0.2) is 0 Å². The molecule has 0 amide bonds. The van der Waals surface area contributed by atoms with E-state index in [1.807, 2.05) is 51.1 Å². The fourth-order valence-corrected chi connectivity index (χ4v) is 4.26. The van der Waals surface area contributed by atoms with Crippen LogP contribution in [0.3, 0.4) is 0 Å². The van der Waals surface area contributed by atoms with Gasteiger partial charge in [-0.15, -0.1) is 0 Å². The Morgan fingerprint density at radius 1 is 1.18 bits per heavy atom. The molecule has 2 heterocycles. The molecular weight excluding hydrogens is 442 g/mol. The van der Waals surface area contributed by atoms with Crippen molar-refractivity contribution in [3.8, 4) is 5.75 Å². The molecule has 0 bridgehead atoms. The number of fused-ring (bicyclic) bond motifs is 3. The minimum atomic E-state index is -0.381. The van der Waals surface area contributed by atoms with Crippen molar-refractivity contribution in [1.82, 2.24) is 4.90 Å². The number of carbonyl (C=O) groups is 1. The predicted octanol–water partition coefficient (Wildman–Crippen LogP) is 5.03. The molecule has 1 aliphatic heterocycles. The Kier molecular flexibility index (Phi) is 7.05. The van der Waals surface area contributed by atoms with Crippen LogP contribution in [0.15, 0.2) is 45.6 Å². The molecular formula is C26H28ClNO5. The van der Waals surface area contributed by atoms with Crippen LogP contribution < -0.4 is 10.4 Å². The molecule has 0 fully saturated rings. The standard InChI is InChI=1S/C26H28ClNO5/c1-16(2)32-23(29)9-6-19-13-21-17(3)12-24(30)33-26(21)22-14-28(15-31-25(19)22)11-10-18-4-7-20(27)8-5-18/h4-5,7-8,12-13,16H,6,9-11,14-15H2,1-3H3. The number of hydrogen-bond donors (Lipinski definition) is 0. The average Bonchev–Trinajstić information content (AvgIpc) is 2.77. The van der Waals surface area contributed by atoms with E-state index in [0.29, 0.717) is 31.0 Å². The zero-order valence-corrected chi connectivity index (χ0v) is 19.9. The third kappa shape index (κ3) is 5.57. The van der Waals surface area contributed by atoms with Crippen molar-refractivity contribution in [2.45, 2.75) is 52.7 Å². The van der Waals surface area contributed by atoms with Crippen LogP contribution in [-0.4, -0.2) is 30.2 Å². The van der Waals surface area contributed by atoms with E-state index in [-0.39, 0.29) is 24.1 Å². The van der Waals surface area contributed by atoms with Crippen molar-refractivity contribution in [3.63, 3.8) is 0 Å². The van der Waals surface area contributed by atoms with Crippen molar-refractivity contribution in [2.24, 2.45) is 0 Å². The third-order valence-electron chi connectivity index (χ3n) is 5.73. The molecule has 0 spiro atoms. The minimum absolute atomic E-state index is 0.148. The fraction of sp³-hybridized carbons (Fsp3) is 0.385. The van der Waals surface area contributed by atoms with Gasteiger partial charge in [-0.3, -0.25) is 9.69 Å². The summed E-state index contributed by atoms with van der Waals surface area (Å²) in [5.41, 5.74) is 3.98. The number of aryl methyl sites for hydroxylation is 2. The van der Waals surface area contributed by atoms with Crippen LogP contribution in [0.4, 0.5) is 0 Å². The maximum atomic E-state index is 12.1. The Balaban J connectivity index is 1.61. The van der Waals surface area contributed by atoms with Gasteiger partial charge in [0.05, 0.1) is 11.7 Å². The first-order valence-corrected chi connectivity index (χ1v) is 11.6. The number of halogens is 1. The van der Waals surface area contributed by atoms with Crippen LogP contribution in [0.5, 0.6) is 5.75 Å². The molecule has 0 saturated carbocycles. The molecule has 0 N–H and O–H groups in total. The molecule has 0 radical (unpaired) electrons. The van der Waals surface area contributed by atoms with Crippen LogP contribution in [-0.2, 0) is 28.9 Å². The smallest absolute Gasteiger partial charge is 0.336 e. The zero-order chi connectivity index (χ0) is 23.5. The fourth-order valence-electron chi connectivity index (χ4n) is 4.13. The first kappa shape index (κ1) is 23.3. The van der Waals surface area contributed by atoms with Gasteiger partial charge in [0.1, 0.15) is 18.1 Å². The zero-order valence-electron chi connectivity index (χ0n) is 19.2. The quantitative estimate of drug-likeness (QED) is 0.357. The van der Waals surface area contributed by atoms with E-state index >= 15 is 0 Å². The van der Waals surface area contributed by atoms with Gasteiger partial charge in [0.25, 0.3) is 0 Å². The molecule has 4 rings (SSSR count). The monoisotopic (exact) mass is 469 g/mol. The molecule has 7 heteroatoms. The topological polar surface area (TPSA) is 69.0 Å². The summed E-state index contributed by atoms with van der Waals surface area (Å²) in [6, 6.07) is 11.3. The van der Waals surface area contributed by atoms with Crippen LogP contribution in [0, 0.1) is 6.92 Å². The number of esters is 1. The number of carbonyl (C=O) groups excluding carboxylic acids is 1. The van der Waals surface area contributed by atoms with Gasteiger partial charge >= 0.3 is 11.6 Å². The highest BCUT2D eigenvalue weighted by Crippen LogP contribution is 2.37. The molecule has 3 aromatic rings. The number of nitrogens with zero attached hydrogens (tertiary/aromatic N) is 1. The Morgan fingerprint density at radius 3 is 2.67 bits per heavy atom. The van der Waals surface area contributed by atoms with Crippen LogP contribution in [0.2, 0.25) is 5.02 Å². The summed E-state index contributed by atoms with van der Waals surface area (Å²) in [7, 11) is 0. The van der Waals surface area contributed by atoms with E-state index < -0.39 is 0 Å². The number of hydrogen-bond acceptors (Lipinski definition) is 6. The highest BCUT2D eigenvalue weighted by atomic mass is 35.5. The van der Waals surface area contributed by atoms with E-state index in [9.17, 15) is 9.59 Å². The molecule has 33 heavy (non-hydrogen) atoms. The summed E-state index contributed by atoms with van der Waals surface area (Å²) >= 11 is 5.99. The SMILES string of the molecule is Cc1cc(=O)oc2c3c(c(CCC(=O)OC(C)C)cc12)OCN(CCc1ccc(Cl)cc1)C3. The van der Waals surface area contributed by atoms with E-state index in [2.05, 4.69) is 4.90 Å². The molecule has 6 nitrogen and oxygen atoms in total. The van der Waals surface area contributed by atoms with Crippen molar-refractivity contribution in [3.05, 3.63) is 74.1 Å². The lowest BCUT2D eigenvalue weighted by Crippen LogP contribution is -2.34. The molecule has 0 saturated heterocycles. The maximum absolute atomic E-state index is 12.1. The average molecular weight is 470 g/mol. The van der Waals surface area contributed by atoms with Gasteiger partial charge in [-0.25, -0.2) is 4.79 Å². The largest absolute Gasteiger partial charge is 0.477 e. The van der Waals surface area contributed by atoms with Crippen molar-refractivity contribution < 1.29 is 18.7 Å². The van der Waals surface area contributed by atoms with Crippen molar-refractivity contribution in [2.75, 3.05) is 13.3 Å². The normalized spacial score (nSPS) is 13.7. The van der Waals surface area contributed by atoms with E-state index in [1.54, 1.807) is 0 Å². The van der Waals surface area contributed by atoms with Gasteiger partial charge in [0.2, 0.25) is 0 Å². The van der Waals surface area contributed by atoms with Crippen molar-refractivity contribution in [1.29, 1.82) is 0 Å². The maximum Gasteiger partial charge on any atom is 0.336 e. The summed E-state index contributed by atoms with van der Waals surface area (Å²) in [6.45, 7) is 7.36. The lowest BCUT2D eigenvalue weighted by atomic mass is 9.97. The second-order valence-corrected chi connectivity index (χ2v) is 9.15. The Bertz CT molecular complexity index is 1220. The first-order chi connectivity index (χ1) is 15.8. The van der Waals surface area contributed by atoms with Gasteiger partial charge < -0.3 is 13.9 Å². The Labute approximate surface area is 198 Å². The molecule has 1 aliphatic rings. The van der Waals surface area contributed by atoms with Gasteiger partial charge in [-0.05, 0) is 68.5 Å². The molecule has 2 aromatic carbocycles. The number of ether oxygens (including phenoxy) is 2. The second-order valence-electron chi connectivity index (χ2n) is 8.71. The van der Waals surface area contributed by atoms with Gasteiger partial charge in [-0.2, -0.15) is 0 Å². The molecule has 0 atom stereocenters. The minimum Gasteiger partial charge on any atom is -0.477 e. The highest BCUT2D eigenvalue weighted by Gasteiger charge is 2.25. The summed E-state index contributed by atoms with van der Waals surface area (Å²) in [5.74, 6) is 0.465. The van der Waals surface area contributed by atoms with E-state index in [0.717, 1.165) is 40.1 Å². The third-order valence-corrected chi connectivity index (χ3v) is 5.99. The first-order valence-electron chi connectivity index (χ1n) is 11.2. The number of benzene rings is 2. The summed E-state index contributed by atoms with van der Waals surface area (Å²) < 4.78 is 17.1. The lowest BCUT2D eigenvalue weighted by Gasteiger charge is -2.31. The van der Waals surface area contributed by atoms with E-state index in [1.165, 1.54) is 11.6 Å². The molecule has 1 aromatic heterocycles. The van der Waals surface area contributed by atoms with Crippen LogP contribution in [0.25, 0.3) is 11.0 Å². The lowest BCUT2D eigenvalue weighted by molar-refractivity contribution is -0.147. The van der Waals surface area contributed by atoms with Crippen molar-refractivity contribution >= 4 is 28.5 Å². The molecule has 174 valence electrons. The summed E-state index contributed by atoms with van der Waals surface area (Å²) in [5, 5.41) is 1.58. The Hall–Kier alpha value is -2.83. The molecule has 0 aliphatic carbocycles. The predicted molar refractivity (Wildman–Crippen MR) is 128 cm³/mol. The van der Waals surface area contributed by atoms with Gasteiger partial charge in [-0.1, -0.05) is 23.7 Å².